The zero-order chi connectivity index (χ0) is 8.27. The molecule has 1 rings (SSSR count). The molecule has 0 spiro atoms. The van der Waals surface area contributed by atoms with E-state index < -0.39 is 5.95 Å². The summed E-state index contributed by atoms with van der Waals surface area (Å²) in [6, 6.07) is 3.51. The quantitative estimate of drug-likeness (QED) is 0.646. The van der Waals surface area contributed by atoms with Gasteiger partial charge in [0.25, 0.3) is 0 Å². The lowest BCUT2D eigenvalue weighted by Gasteiger charge is -1.99. The van der Waals surface area contributed by atoms with Crippen molar-refractivity contribution in [3.8, 4) is 0 Å². The van der Waals surface area contributed by atoms with Crippen molar-refractivity contribution in [3.05, 3.63) is 29.3 Å². The second kappa shape index (κ2) is 3.44. The molecule has 0 aliphatic heterocycles. The first-order valence-corrected chi connectivity index (χ1v) is 3.56. The zero-order valence-electron chi connectivity index (χ0n) is 6.47. The standard InChI is InChI=1S/C8H11FN2/c1-6-2-3-7(4-5-10)8(9)11-6/h2-3H,4-5,10H2,1H3. The maximum atomic E-state index is 12.9. The average Bonchev–Trinajstić information content (AvgIpc) is 1.95. The van der Waals surface area contributed by atoms with Crippen LogP contribution < -0.4 is 5.73 Å². The van der Waals surface area contributed by atoms with Crippen molar-refractivity contribution in [2.75, 3.05) is 6.54 Å². The van der Waals surface area contributed by atoms with Crippen molar-refractivity contribution in [1.29, 1.82) is 0 Å². The molecule has 0 fully saturated rings. The second-order valence-corrected chi connectivity index (χ2v) is 2.44. The largest absolute Gasteiger partial charge is 0.330 e. The summed E-state index contributed by atoms with van der Waals surface area (Å²) in [7, 11) is 0. The minimum atomic E-state index is -0.393. The molecule has 0 aromatic carbocycles. The van der Waals surface area contributed by atoms with Crippen LogP contribution in [0.4, 0.5) is 4.39 Å². The first-order chi connectivity index (χ1) is 5.24. The van der Waals surface area contributed by atoms with Gasteiger partial charge in [-0.1, -0.05) is 6.07 Å². The van der Waals surface area contributed by atoms with Gasteiger partial charge in [-0.15, -0.1) is 0 Å². The van der Waals surface area contributed by atoms with E-state index in [0.29, 0.717) is 24.2 Å². The molecule has 1 aromatic heterocycles. The zero-order valence-corrected chi connectivity index (χ0v) is 6.47. The number of aromatic nitrogens is 1. The van der Waals surface area contributed by atoms with Gasteiger partial charge in [0.15, 0.2) is 0 Å². The van der Waals surface area contributed by atoms with Crippen molar-refractivity contribution < 1.29 is 4.39 Å². The molecule has 1 aromatic rings. The molecule has 0 amide bonds. The molecule has 3 heteroatoms. The van der Waals surface area contributed by atoms with Crippen molar-refractivity contribution in [2.45, 2.75) is 13.3 Å². The Morgan fingerprint density at radius 1 is 1.55 bits per heavy atom. The number of halogens is 1. The maximum absolute atomic E-state index is 12.9. The Hall–Kier alpha value is -0.960. The number of hydrogen-bond donors (Lipinski definition) is 1. The van der Waals surface area contributed by atoms with Crippen molar-refractivity contribution in [1.82, 2.24) is 4.98 Å². The summed E-state index contributed by atoms with van der Waals surface area (Å²) in [5.41, 5.74) is 6.57. The Morgan fingerprint density at radius 2 is 2.27 bits per heavy atom. The molecule has 2 nitrogen and oxygen atoms in total. The monoisotopic (exact) mass is 154 g/mol. The van der Waals surface area contributed by atoms with E-state index in [1.807, 2.05) is 0 Å². The summed E-state index contributed by atoms with van der Waals surface area (Å²) in [5.74, 6) is -0.393. The molecule has 2 N–H and O–H groups in total. The molecule has 0 saturated carbocycles. The average molecular weight is 154 g/mol. The highest BCUT2D eigenvalue weighted by molar-refractivity contribution is 5.15. The number of rotatable bonds is 2. The summed E-state index contributed by atoms with van der Waals surface area (Å²) in [6.07, 6.45) is 0.555. The molecule has 1 heterocycles. The van der Waals surface area contributed by atoms with E-state index in [4.69, 9.17) is 5.73 Å². The first-order valence-electron chi connectivity index (χ1n) is 3.56. The number of nitrogens with zero attached hydrogens (tertiary/aromatic N) is 1. The summed E-state index contributed by atoms with van der Waals surface area (Å²) < 4.78 is 12.9. The lowest BCUT2D eigenvalue weighted by molar-refractivity contribution is 0.563. The number of hydrogen-bond acceptors (Lipinski definition) is 2. The van der Waals surface area contributed by atoms with Gasteiger partial charge in [0.2, 0.25) is 5.95 Å². The summed E-state index contributed by atoms with van der Waals surface area (Å²) in [6.45, 7) is 2.22. The summed E-state index contributed by atoms with van der Waals surface area (Å²) in [5, 5.41) is 0. The Morgan fingerprint density at radius 3 is 2.82 bits per heavy atom. The minimum Gasteiger partial charge on any atom is -0.330 e. The second-order valence-electron chi connectivity index (χ2n) is 2.44. The molecule has 11 heavy (non-hydrogen) atoms. The fraction of sp³-hybridized carbons (Fsp3) is 0.375. The van der Waals surface area contributed by atoms with Crippen LogP contribution in [0.2, 0.25) is 0 Å². The van der Waals surface area contributed by atoms with Gasteiger partial charge in [0.1, 0.15) is 0 Å². The fourth-order valence-electron chi connectivity index (χ4n) is 0.896. The van der Waals surface area contributed by atoms with E-state index >= 15 is 0 Å². The third-order valence-electron chi connectivity index (χ3n) is 1.48. The summed E-state index contributed by atoms with van der Waals surface area (Å²) >= 11 is 0. The van der Waals surface area contributed by atoms with Crippen LogP contribution in [0, 0.1) is 12.9 Å². The van der Waals surface area contributed by atoms with Crippen molar-refractivity contribution in [3.63, 3.8) is 0 Å². The van der Waals surface area contributed by atoms with Crippen LogP contribution in [0.5, 0.6) is 0 Å². The van der Waals surface area contributed by atoms with E-state index in [9.17, 15) is 4.39 Å². The van der Waals surface area contributed by atoms with E-state index in [1.165, 1.54) is 0 Å². The van der Waals surface area contributed by atoms with Gasteiger partial charge < -0.3 is 5.73 Å². The van der Waals surface area contributed by atoms with Gasteiger partial charge in [0, 0.05) is 11.3 Å². The minimum absolute atomic E-state index is 0.393. The smallest absolute Gasteiger partial charge is 0.216 e. The van der Waals surface area contributed by atoms with Crippen molar-refractivity contribution >= 4 is 0 Å². The predicted molar refractivity (Wildman–Crippen MR) is 41.7 cm³/mol. The van der Waals surface area contributed by atoms with E-state index in [1.54, 1.807) is 19.1 Å². The Balaban J connectivity index is 2.90. The number of pyridine rings is 1. The fourth-order valence-corrected chi connectivity index (χ4v) is 0.896. The third kappa shape index (κ3) is 1.98. The highest BCUT2D eigenvalue weighted by Crippen LogP contribution is 2.05. The van der Waals surface area contributed by atoms with Gasteiger partial charge in [0.05, 0.1) is 0 Å². The molecular formula is C8H11FN2. The molecule has 0 unspecified atom stereocenters. The van der Waals surface area contributed by atoms with Gasteiger partial charge in [-0.3, -0.25) is 0 Å². The molecular weight excluding hydrogens is 143 g/mol. The Kier molecular flexibility index (Phi) is 2.54. The van der Waals surface area contributed by atoms with Gasteiger partial charge in [-0.05, 0) is 26.0 Å². The maximum Gasteiger partial charge on any atom is 0.216 e. The normalized spacial score (nSPS) is 10.1. The van der Waals surface area contributed by atoms with Crippen LogP contribution in [0.3, 0.4) is 0 Å². The Bertz CT molecular complexity index is 248. The number of aryl methyl sites for hydroxylation is 1. The van der Waals surface area contributed by atoms with E-state index in [-0.39, 0.29) is 0 Å². The first kappa shape index (κ1) is 8.14. The van der Waals surface area contributed by atoms with Crippen LogP contribution in [0.1, 0.15) is 11.3 Å². The molecule has 0 aliphatic carbocycles. The van der Waals surface area contributed by atoms with Crippen LogP contribution in [-0.4, -0.2) is 11.5 Å². The Labute approximate surface area is 65.3 Å². The van der Waals surface area contributed by atoms with Gasteiger partial charge in [-0.2, -0.15) is 4.39 Å². The van der Waals surface area contributed by atoms with Gasteiger partial charge >= 0.3 is 0 Å². The van der Waals surface area contributed by atoms with Crippen LogP contribution >= 0.6 is 0 Å². The lowest BCUT2D eigenvalue weighted by Crippen LogP contribution is -2.05. The summed E-state index contributed by atoms with van der Waals surface area (Å²) in [4.78, 5) is 3.67. The van der Waals surface area contributed by atoms with Crippen molar-refractivity contribution in [2.24, 2.45) is 5.73 Å². The van der Waals surface area contributed by atoms with Crippen LogP contribution in [-0.2, 0) is 6.42 Å². The highest BCUT2D eigenvalue weighted by Gasteiger charge is 2.00. The number of nitrogens with two attached hydrogens (primary N) is 1. The topological polar surface area (TPSA) is 38.9 Å². The molecule has 0 radical (unpaired) electrons. The highest BCUT2D eigenvalue weighted by atomic mass is 19.1. The third-order valence-corrected chi connectivity index (χ3v) is 1.48. The molecule has 0 aliphatic rings. The predicted octanol–water partition coefficient (Wildman–Crippen LogP) is 1.03. The van der Waals surface area contributed by atoms with Crippen LogP contribution in [0.25, 0.3) is 0 Å². The molecule has 0 atom stereocenters. The molecule has 0 saturated heterocycles. The van der Waals surface area contributed by atoms with E-state index in [0.717, 1.165) is 0 Å². The molecule has 0 bridgehead atoms. The molecule has 60 valence electrons. The SMILES string of the molecule is Cc1ccc(CCN)c(F)n1. The van der Waals surface area contributed by atoms with E-state index in [2.05, 4.69) is 4.98 Å². The van der Waals surface area contributed by atoms with Gasteiger partial charge in [-0.25, -0.2) is 4.98 Å². The van der Waals surface area contributed by atoms with Crippen LogP contribution in [0.15, 0.2) is 12.1 Å². The lowest BCUT2D eigenvalue weighted by atomic mass is 10.2.